The van der Waals surface area contributed by atoms with Crippen LogP contribution in [0.5, 0.6) is 0 Å². The summed E-state index contributed by atoms with van der Waals surface area (Å²) in [4.78, 5) is 16.2. The second-order valence-corrected chi connectivity index (χ2v) is 6.55. The van der Waals surface area contributed by atoms with Crippen LogP contribution in [-0.4, -0.2) is 39.3 Å². The summed E-state index contributed by atoms with van der Waals surface area (Å²) < 4.78 is 14.3. The van der Waals surface area contributed by atoms with Gasteiger partial charge in [-0.3, -0.25) is 4.79 Å². The molecule has 0 unspecified atom stereocenters. The molecule has 0 saturated carbocycles. The van der Waals surface area contributed by atoms with Crippen molar-refractivity contribution in [1.29, 1.82) is 0 Å². The van der Waals surface area contributed by atoms with E-state index < -0.39 is 0 Å². The number of rotatable bonds is 5. The first kappa shape index (κ1) is 17.9. The number of hydrogen-bond donors (Lipinski definition) is 1. The first-order chi connectivity index (χ1) is 12.5. The number of nitrogens with zero attached hydrogens (tertiary/aromatic N) is 3. The van der Waals surface area contributed by atoms with Crippen molar-refractivity contribution in [3.05, 3.63) is 59.4 Å². The Morgan fingerprint density at radius 2 is 1.96 bits per heavy atom. The van der Waals surface area contributed by atoms with Crippen LogP contribution in [0, 0.1) is 5.82 Å². The maximum Gasteiger partial charge on any atom is 0.271 e. The summed E-state index contributed by atoms with van der Waals surface area (Å²) in [6.45, 7) is 1.79. The molecule has 0 atom stereocenters. The highest BCUT2D eigenvalue weighted by atomic mass is 19.1. The second-order valence-electron chi connectivity index (χ2n) is 6.55. The van der Waals surface area contributed by atoms with Gasteiger partial charge in [0.1, 0.15) is 5.82 Å². The number of hydrogen-bond acceptors (Lipinski definition) is 4. The highest BCUT2D eigenvalue weighted by molar-refractivity contribution is 5.95. The summed E-state index contributed by atoms with van der Waals surface area (Å²) in [6, 6.07) is 12.3. The number of hydrazone groups is 1. The van der Waals surface area contributed by atoms with Crippen LogP contribution in [0.1, 0.15) is 28.8 Å². The lowest BCUT2D eigenvalue weighted by Gasteiger charge is -2.18. The van der Waals surface area contributed by atoms with Gasteiger partial charge in [-0.05, 0) is 48.7 Å². The SMILES string of the molecule is CN(C)c1cccc(C(=O)N/N=C\c2ccc(N3CCCC3)c(F)c2)c1. The minimum Gasteiger partial charge on any atom is -0.378 e. The Labute approximate surface area is 153 Å². The van der Waals surface area contributed by atoms with E-state index in [2.05, 4.69) is 15.4 Å². The average Bonchev–Trinajstić information content (AvgIpc) is 3.16. The van der Waals surface area contributed by atoms with Crippen molar-refractivity contribution in [2.75, 3.05) is 37.0 Å². The molecule has 2 aromatic carbocycles. The van der Waals surface area contributed by atoms with Crippen LogP contribution >= 0.6 is 0 Å². The number of benzene rings is 2. The third-order valence-corrected chi connectivity index (χ3v) is 4.42. The molecule has 1 aliphatic rings. The third kappa shape index (κ3) is 4.20. The van der Waals surface area contributed by atoms with E-state index in [9.17, 15) is 9.18 Å². The Hall–Kier alpha value is -2.89. The van der Waals surface area contributed by atoms with Crippen molar-refractivity contribution in [3.8, 4) is 0 Å². The molecular weight excluding hydrogens is 331 g/mol. The van der Waals surface area contributed by atoms with Gasteiger partial charge in [0, 0.05) is 38.4 Å². The minimum absolute atomic E-state index is 0.263. The number of halogens is 1. The summed E-state index contributed by atoms with van der Waals surface area (Å²) in [5, 5.41) is 3.94. The molecule has 1 heterocycles. The van der Waals surface area contributed by atoms with E-state index in [-0.39, 0.29) is 11.7 Å². The molecule has 1 saturated heterocycles. The van der Waals surface area contributed by atoms with Crippen LogP contribution in [0.3, 0.4) is 0 Å². The summed E-state index contributed by atoms with van der Waals surface area (Å²) >= 11 is 0. The standard InChI is InChI=1S/C20H23FN4O/c1-24(2)17-7-5-6-16(13-17)20(26)23-22-14-15-8-9-19(18(21)12-15)25-10-3-4-11-25/h5-9,12-14H,3-4,10-11H2,1-2H3,(H,23,26)/b22-14-. The quantitative estimate of drug-likeness (QED) is 0.662. The van der Waals surface area contributed by atoms with Crippen molar-refractivity contribution in [2.24, 2.45) is 5.10 Å². The van der Waals surface area contributed by atoms with Gasteiger partial charge in [0.25, 0.3) is 5.91 Å². The smallest absolute Gasteiger partial charge is 0.271 e. The zero-order valence-electron chi connectivity index (χ0n) is 15.1. The maximum absolute atomic E-state index is 14.3. The fraction of sp³-hybridized carbons (Fsp3) is 0.300. The summed E-state index contributed by atoms with van der Waals surface area (Å²) in [5.41, 5.74) is 5.16. The maximum atomic E-state index is 14.3. The zero-order valence-corrected chi connectivity index (χ0v) is 15.1. The molecule has 3 rings (SSSR count). The van der Waals surface area contributed by atoms with E-state index in [0.717, 1.165) is 31.6 Å². The first-order valence-electron chi connectivity index (χ1n) is 8.70. The molecule has 1 N–H and O–H groups in total. The Kier molecular flexibility index (Phi) is 5.51. The molecular formula is C20H23FN4O. The highest BCUT2D eigenvalue weighted by Gasteiger charge is 2.15. The Morgan fingerprint density at radius 1 is 1.19 bits per heavy atom. The van der Waals surface area contributed by atoms with E-state index in [1.54, 1.807) is 24.3 Å². The fourth-order valence-electron chi connectivity index (χ4n) is 2.97. The van der Waals surface area contributed by atoms with Crippen molar-refractivity contribution < 1.29 is 9.18 Å². The lowest BCUT2D eigenvalue weighted by atomic mass is 10.2. The Morgan fingerprint density at radius 3 is 2.65 bits per heavy atom. The molecule has 2 aromatic rings. The molecule has 0 bridgehead atoms. The van der Waals surface area contributed by atoms with Crippen molar-refractivity contribution in [3.63, 3.8) is 0 Å². The molecule has 1 aliphatic heterocycles. The third-order valence-electron chi connectivity index (χ3n) is 4.42. The molecule has 1 fully saturated rings. The van der Waals surface area contributed by atoms with Crippen LogP contribution < -0.4 is 15.2 Å². The second kappa shape index (κ2) is 7.99. The molecule has 0 aliphatic carbocycles. The highest BCUT2D eigenvalue weighted by Crippen LogP contribution is 2.24. The Bertz CT molecular complexity index is 813. The number of anilines is 2. The Balaban J connectivity index is 1.64. The van der Waals surface area contributed by atoms with Gasteiger partial charge in [-0.1, -0.05) is 12.1 Å². The van der Waals surface area contributed by atoms with Crippen molar-refractivity contribution >= 4 is 23.5 Å². The van der Waals surface area contributed by atoms with Gasteiger partial charge in [0.15, 0.2) is 0 Å². The number of carbonyl (C=O) groups is 1. The summed E-state index contributed by atoms with van der Waals surface area (Å²) in [5.74, 6) is -0.569. The minimum atomic E-state index is -0.306. The van der Waals surface area contributed by atoms with E-state index >= 15 is 0 Å². The summed E-state index contributed by atoms with van der Waals surface area (Å²) in [7, 11) is 3.82. The molecule has 0 radical (unpaired) electrons. The van der Waals surface area contributed by atoms with Gasteiger partial charge in [0.05, 0.1) is 11.9 Å². The lowest BCUT2D eigenvalue weighted by Crippen LogP contribution is -2.19. The summed E-state index contributed by atoms with van der Waals surface area (Å²) in [6.07, 6.45) is 3.65. The first-order valence-corrected chi connectivity index (χ1v) is 8.70. The molecule has 26 heavy (non-hydrogen) atoms. The molecule has 136 valence electrons. The average molecular weight is 354 g/mol. The van der Waals surface area contributed by atoms with Gasteiger partial charge in [-0.15, -0.1) is 0 Å². The predicted molar refractivity (Wildman–Crippen MR) is 104 cm³/mol. The lowest BCUT2D eigenvalue weighted by molar-refractivity contribution is 0.0955. The fourth-order valence-corrected chi connectivity index (χ4v) is 2.97. The van der Waals surface area contributed by atoms with E-state index in [1.165, 1.54) is 12.3 Å². The van der Waals surface area contributed by atoms with E-state index in [1.807, 2.05) is 31.1 Å². The van der Waals surface area contributed by atoms with Crippen LogP contribution in [0.25, 0.3) is 0 Å². The van der Waals surface area contributed by atoms with Gasteiger partial charge >= 0.3 is 0 Å². The van der Waals surface area contributed by atoms with E-state index in [0.29, 0.717) is 16.8 Å². The van der Waals surface area contributed by atoms with Gasteiger partial charge in [-0.2, -0.15) is 5.10 Å². The van der Waals surface area contributed by atoms with Crippen LogP contribution in [0.4, 0.5) is 15.8 Å². The van der Waals surface area contributed by atoms with Gasteiger partial charge < -0.3 is 9.80 Å². The number of carbonyl (C=O) groups excluding carboxylic acids is 1. The molecule has 6 heteroatoms. The van der Waals surface area contributed by atoms with Gasteiger partial charge in [-0.25, -0.2) is 9.82 Å². The monoisotopic (exact) mass is 354 g/mol. The zero-order chi connectivity index (χ0) is 18.5. The van der Waals surface area contributed by atoms with Crippen molar-refractivity contribution in [1.82, 2.24) is 5.43 Å². The largest absolute Gasteiger partial charge is 0.378 e. The number of nitrogens with one attached hydrogen (secondary N) is 1. The van der Waals surface area contributed by atoms with Crippen LogP contribution in [0.15, 0.2) is 47.6 Å². The molecule has 0 aromatic heterocycles. The number of amides is 1. The normalized spacial score (nSPS) is 14.0. The molecule has 0 spiro atoms. The van der Waals surface area contributed by atoms with Crippen LogP contribution in [-0.2, 0) is 0 Å². The van der Waals surface area contributed by atoms with Crippen LogP contribution in [0.2, 0.25) is 0 Å². The van der Waals surface area contributed by atoms with Crippen molar-refractivity contribution in [2.45, 2.75) is 12.8 Å². The van der Waals surface area contributed by atoms with E-state index in [4.69, 9.17) is 0 Å². The predicted octanol–water partition coefficient (Wildman–Crippen LogP) is 3.26. The van der Waals surface area contributed by atoms with Gasteiger partial charge in [0.2, 0.25) is 0 Å². The topological polar surface area (TPSA) is 47.9 Å². The molecule has 5 nitrogen and oxygen atoms in total. The molecule has 1 amide bonds.